The summed E-state index contributed by atoms with van der Waals surface area (Å²) in [6, 6.07) is 4.02. The van der Waals surface area contributed by atoms with Gasteiger partial charge in [-0.25, -0.2) is 4.98 Å². The molecule has 0 amide bonds. The van der Waals surface area contributed by atoms with Crippen molar-refractivity contribution in [3.8, 4) is 22.1 Å². The van der Waals surface area contributed by atoms with Crippen molar-refractivity contribution in [1.29, 1.82) is 0 Å². The Hall–Kier alpha value is -1.55. The van der Waals surface area contributed by atoms with E-state index in [1.165, 1.54) is 5.56 Å². The molecule has 16 heavy (non-hydrogen) atoms. The Bertz CT molecular complexity index is 548. The molecule has 0 aliphatic carbocycles. The molecular formula is C12H11NO2S. The molecule has 3 nitrogen and oxygen atoms in total. The molecule has 0 saturated heterocycles. The Morgan fingerprint density at radius 3 is 2.62 bits per heavy atom. The molecule has 1 aromatic heterocycles. The fourth-order valence-electron chi connectivity index (χ4n) is 1.75. The molecule has 0 fully saturated rings. The monoisotopic (exact) mass is 233 g/mol. The Morgan fingerprint density at radius 2 is 1.94 bits per heavy atom. The van der Waals surface area contributed by atoms with Gasteiger partial charge in [0, 0.05) is 16.6 Å². The highest BCUT2D eigenvalue weighted by Gasteiger charge is 2.17. The van der Waals surface area contributed by atoms with Crippen LogP contribution >= 0.6 is 11.3 Å². The molecule has 4 heteroatoms. The van der Waals surface area contributed by atoms with Crippen molar-refractivity contribution >= 4 is 11.3 Å². The zero-order valence-corrected chi connectivity index (χ0v) is 9.93. The van der Waals surface area contributed by atoms with Crippen LogP contribution in [0.4, 0.5) is 0 Å². The molecule has 0 radical (unpaired) electrons. The van der Waals surface area contributed by atoms with E-state index in [0.29, 0.717) is 6.79 Å². The largest absolute Gasteiger partial charge is 0.454 e. The van der Waals surface area contributed by atoms with Gasteiger partial charge in [-0.2, -0.15) is 0 Å². The predicted molar refractivity (Wildman–Crippen MR) is 63.1 cm³/mol. The zero-order valence-electron chi connectivity index (χ0n) is 9.11. The van der Waals surface area contributed by atoms with Crippen LogP contribution in [0.15, 0.2) is 17.5 Å². The van der Waals surface area contributed by atoms with E-state index < -0.39 is 0 Å². The maximum atomic E-state index is 5.38. The number of thiazole rings is 1. The normalized spacial score (nSPS) is 13.1. The first-order valence-corrected chi connectivity index (χ1v) is 5.95. The zero-order chi connectivity index (χ0) is 11.1. The second-order valence-corrected chi connectivity index (χ2v) is 4.67. The summed E-state index contributed by atoms with van der Waals surface area (Å²) in [6.07, 6.45) is 0. The van der Waals surface area contributed by atoms with Crippen LogP contribution in [0.25, 0.3) is 10.6 Å². The molecule has 1 aromatic carbocycles. The van der Waals surface area contributed by atoms with Crippen LogP contribution in [-0.2, 0) is 0 Å². The number of aromatic nitrogens is 1. The third-order valence-electron chi connectivity index (χ3n) is 2.57. The second-order valence-electron chi connectivity index (χ2n) is 3.81. The molecule has 2 heterocycles. The highest BCUT2D eigenvalue weighted by Crippen LogP contribution is 2.39. The van der Waals surface area contributed by atoms with Gasteiger partial charge in [0.1, 0.15) is 5.01 Å². The van der Waals surface area contributed by atoms with Crippen LogP contribution in [0.2, 0.25) is 0 Å². The molecule has 0 unspecified atom stereocenters. The Morgan fingerprint density at radius 1 is 1.19 bits per heavy atom. The molecule has 82 valence electrons. The Balaban J connectivity index is 2.14. The lowest BCUT2D eigenvalue weighted by Crippen LogP contribution is -1.92. The van der Waals surface area contributed by atoms with Gasteiger partial charge in [-0.3, -0.25) is 0 Å². The van der Waals surface area contributed by atoms with Crippen LogP contribution in [-0.4, -0.2) is 11.8 Å². The van der Waals surface area contributed by atoms with Crippen molar-refractivity contribution in [2.75, 3.05) is 6.79 Å². The molecule has 3 rings (SSSR count). The fourth-order valence-corrected chi connectivity index (χ4v) is 2.63. The second kappa shape index (κ2) is 3.49. The summed E-state index contributed by atoms with van der Waals surface area (Å²) < 4.78 is 10.7. The summed E-state index contributed by atoms with van der Waals surface area (Å²) >= 11 is 1.65. The number of nitrogens with zero attached hydrogens (tertiary/aromatic N) is 1. The van der Waals surface area contributed by atoms with Crippen molar-refractivity contribution in [3.05, 3.63) is 28.8 Å². The summed E-state index contributed by atoms with van der Waals surface area (Å²) in [5, 5.41) is 3.09. The van der Waals surface area contributed by atoms with Gasteiger partial charge in [0.2, 0.25) is 6.79 Å². The molecule has 0 bridgehead atoms. The van der Waals surface area contributed by atoms with E-state index >= 15 is 0 Å². The number of aryl methyl sites for hydroxylation is 2. The standard InChI is InChI=1S/C12H11NO2S/c1-7-3-10-11(15-6-14-10)4-9(7)12-13-8(2)5-16-12/h3-5H,6H2,1-2H3. The van der Waals surface area contributed by atoms with Crippen molar-refractivity contribution in [2.45, 2.75) is 13.8 Å². The summed E-state index contributed by atoms with van der Waals surface area (Å²) in [6.45, 7) is 4.38. The Kier molecular flexibility index (Phi) is 2.11. The van der Waals surface area contributed by atoms with Crippen LogP contribution in [0.5, 0.6) is 11.5 Å². The quantitative estimate of drug-likeness (QED) is 0.758. The van der Waals surface area contributed by atoms with Gasteiger partial charge in [0.15, 0.2) is 11.5 Å². The molecule has 0 atom stereocenters. The number of rotatable bonds is 1. The number of benzene rings is 1. The molecule has 1 aliphatic heterocycles. The SMILES string of the molecule is Cc1csc(-c2cc3c(cc2C)OCO3)n1. The first-order valence-electron chi connectivity index (χ1n) is 5.07. The number of fused-ring (bicyclic) bond motifs is 1. The first-order chi connectivity index (χ1) is 7.74. The number of hydrogen-bond acceptors (Lipinski definition) is 4. The van der Waals surface area contributed by atoms with Crippen LogP contribution < -0.4 is 9.47 Å². The van der Waals surface area contributed by atoms with Crippen molar-refractivity contribution in [3.63, 3.8) is 0 Å². The summed E-state index contributed by atoms with van der Waals surface area (Å²) in [5.74, 6) is 1.64. The first kappa shape index (κ1) is 9.66. The van der Waals surface area contributed by atoms with E-state index in [1.54, 1.807) is 11.3 Å². The molecule has 0 spiro atoms. The minimum atomic E-state index is 0.315. The van der Waals surface area contributed by atoms with E-state index in [4.69, 9.17) is 9.47 Å². The van der Waals surface area contributed by atoms with E-state index in [2.05, 4.69) is 17.3 Å². The maximum Gasteiger partial charge on any atom is 0.231 e. The average Bonchev–Trinajstić information content (AvgIpc) is 2.84. The summed E-state index contributed by atoms with van der Waals surface area (Å²) in [4.78, 5) is 4.49. The smallest absolute Gasteiger partial charge is 0.231 e. The number of ether oxygens (including phenoxy) is 2. The van der Waals surface area contributed by atoms with Gasteiger partial charge in [0.25, 0.3) is 0 Å². The van der Waals surface area contributed by atoms with Gasteiger partial charge in [-0.1, -0.05) is 0 Å². The van der Waals surface area contributed by atoms with Crippen molar-refractivity contribution in [2.24, 2.45) is 0 Å². The van der Waals surface area contributed by atoms with E-state index in [-0.39, 0.29) is 0 Å². The lowest BCUT2D eigenvalue weighted by molar-refractivity contribution is 0.174. The van der Waals surface area contributed by atoms with Crippen molar-refractivity contribution < 1.29 is 9.47 Å². The average molecular weight is 233 g/mol. The topological polar surface area (TPSA) is 31.4 Å². The molecule has 0 N–H and O–H groups in total. The summed E-state index contributed by atoms with van der Waals surface area (Å²) in [5.41, 5.74) is 3.35. The van der Waals surface area contributed by atoms with E-state index in [0.717, 1.165) is 27.8 Å². The van der Waals surface area contributed by atoms with Crippen molar-refractivity contribution in [1.82, 2.24) is 4.98 Å². The number of hydrogen-bond donors (Lipinski definition) is 0. The van der Waals surface area contributed by atoms with Gasteiger partial charge < -0.3 is 9.47 Å². The fraction of sp³-hybridized carbons (Fsp3) is 0.250. The highest BCUT2D eigenvalue weighted by molar-refractivity contribution is 7.13. The van der Waals surface area contributed by atoms with Gasteiger partial charge in [0.05, 0.1) is 0 Å². The van der Waals surface area contributed by atoms with Crippen LogP contribution in [0.3, 0.4) is 0 Å². The van der Waals surface area contributed by atoms with Crippen LogP contribution in [0.1, 0.15) is 11.3 Å². The van der Waals surface area contributed by atoms with E-state index in [9.17, 15) is 0 Å². The minimum absolute atomic E-state index is 0.315. The maximum absolute atomic E-state index is 5.38. The Labute approximate surface area is 97.7 Å². The van der Waals surface area contributed by atoms with Gasteiger partial charge >= 0.3 is 0 Å². The van der Waals surface area contributed by atoms with Gasteiger partial charge in [-0.15, -0.1) is 11.3 Å². The molecule has 2 aromatic rings. The molecular weight excluding hydrogens is 222 g/mol. The van der Waals surface area contributed by atoms with Gasteiger partial charge in [-0.05, 0) is 31.5 Å². The third kappa shape index (κ3) is 1.46. The molecule has 0 saturated carbocycles. The lowest BCUT2D eigenvalue weighted by atomic mass is 10.1. The van der Waals surface area contributed by atoms with Crippen LogP contribution in [0, 0.1) is 13.8 Å². The molecule has 1 aliphatic rings. The van der Waals surface area contributed by atoms with E-state index in [1.807, 2.05) is 19.1 Å². The summed E-state index contributed by atoms with van der Waals surface area (Å²) in [7, 11) is 0. The predicted octanol–water partition coefficient (Wildman–Crippen LogP) is 3.16. The third-order valence-corrected chi connectivity index (χ3v) is 3.56. The minimum Gasteiger partial charge on any atom is -0.454 e. The highest BCUT2D eigenvalue weighted by atomic mass is 32.1. The lowest BCUT2D eigenvalue weighted by Gasteiger charge is -2.04.